The summed E-state index contributed by atoms with van der Waals surface area (Å²) in [5.74, 6) is -0.469. The fourth-order valence-corrected chi connectivity index (χ4v) is 1.44. The molecule has 0 saturated heterocycles. The largest absolute Gasteiger partial charge is 0.484 e. The van der Waals surface area contributed by atoms with Crippen LogP contribution in [0, 0.1) is 12.8 Å². The highest BCUT2D eigenvalue weighted by atomic mass is 16.5. The molecule has 5 nitrogen and oxygen atoms in total. The minimum Gasteiger partial charge on any atom is -0.484 e. The maximum Gasteiger partial charge on any atom is 0.336 e. The van der Waals surface area contributed by atoms with Gasteiger partial charge in [-0.1, -0.05) is 19.9 Å². The normalized spacial score (nSPS) is 10.3. The summed E-state index contributed by atoms with van der Waals surface area (Å²) in [6, 6.07) is 4.73. The standard InChI is InChI=1S/C14H19NO4/c1-9(2)7-15-13(16)8-19-11-5-4-10(3)12(6-11)14(17)18/h4-6,9H,7-8H2,1-3H3,(H,15,16)(H,17,18). The second-order valence-corrected chi connectivity index (χ2v) is 4.77. The molecule has 0 aromatic heterocycles. The van der Waals surface area contributed by atoms with Gasteiger partial charge in [0.05, 0.1) is 5.56 Å². The van der Waals surface area contributed by atoms with E-state index in [2.05, 4.69) is 5.32 Å². The second kappa shape index (κ2) is 6.78. The Balaban J connectivity index is 2.56. The van der Waals surface area contributed by atoms with Crippen LogP contribution in [-0.2, 0) is 4.79 Å². The van der Waals surface area contributed by atoms with Crippen molar-refractivity contribution in [3.8, 4) is 5.75 Å². The van der Waals surface area contributed by atoms with Gasteiger partial charge in [-0.2, -0.15) is 0 Å². The number of aromatic carboxylic acids is 1. The fourth-order valence-electron chi connectivity index (χ4n) is 1.44. The number of carbonyl (C=O) groups excluding carboxylic acids is 1. The van der Waals surface area contributed by atoms with Crippen LogP contribution < -0.4 is 10.1 Å². The molecule has 0 aliphatic carbocycles. The molecule has 1 aromatic rings. The van der Waals surface area contributed by atoms with Crippen molar-refractivity contribution >= 4 is 11.9 Å². The van der Waals surface area contributed by atoms with Gasteiger partial charge in [-0.15, -0.1) is 0 Å². The number of aryl methyl sites for hydroxylation is 1. The van der Waals surface area contributed by atoms with Crippen molar-refractivity contribution in [2.75, 3.05) is 13.2 Å². The van der Waals surface area contributed by atoms with E-state index in [1.807, 2.05) is 13.8 Å². The van der Waals surface area contributed by atoms with E-state index in [-0.39, 0.29) is 18.1 Å². The Morgan fingerprint density at radius 2 is 2.05 bits per heavy atom. The number of hydrogen-bond donors (Lipinski definition) is 2. The third kappa shape index (κ3) is 4.99. The van der Waals surface area contributed by atoms with Gasteiger partial charge in [0.1, 0.15) is 5.75 Å². The van der Waals surface area contributed by atoms with Gasteiger partial charge in [0, 0.05) is 6.54 Å². The quantitative estimate of drug-likeness (QED) is 0.823. The zero-order valence-electron chi connectivity index (χ0n) is 11.4. The minimum atomic E-state index is -1.01. The van der Waals surface area contributed by atoms with Gasteiger partial charge in [0.25, 0.3) is 5.91 Å². The molecule has 0 spiro atoms. The zero-order chi connectivity index (χ0) is 14.4. The van der Waals surface area contributed by atoms with E-state index >= 15 is 0 Å². The van der Waals surface area contributed by atoms with Crippen LogP contribution in [0.2, 0.25) is 0 Å². The first-order valence-electron chi connectivity index (χ1n) is 6.13. The Morgan fingerprint density at radius 3 is 2.63 bits per heavy atom. The smallest absolute Gasteiger partial charge is 0.336 e. The van der Waals surface area contributed by atoms with Crippen LogP contribution >= 0.6 is 0 Å². The number of carboxylic acid groups (broad SMARTS) is 1. The summed E-state index contributed by atoms with van der Waals surface area (Å²) in [4.78, 5) is 22.4. The molecule has 0 bridgehead atoms. The molecule has 2 N–H and O–H groups in total. The summed E-state index contributed by atoms with van der Waals surface area (Å²) < 4.78 is 5.27. The fraction of sp³-hybridized carbons (Fsp3) is 0.429. The Kier molecular flexibility index (Phi) is 5.36. The second-order valence-electron chi connectivity index (χ2n) is 4.77. The van der Waals surface area contributed by atoms with Crippen molar-refractivity contribution in [2.24, 2.45) is 5.92 Å². The number of carboxylic acids is 1. The summed E-state index contributed by atoms with van der Waals surface area (Å²) >= 11 is 0. The van der Waals surface area contributed by atoms with Gasteiger partial charge in [-0.25, -0.2) is 4.79 Å². The molecule has 0 radical (unpaired) electrons. The Bertz CT molecular complexity index is 469. The average Bonchev–Trinajstić information content (AvgIpc) is 2.35. The number of ether oxygens (including phenoxy) is 1. The van der Waals surface area contributed by atoms with E-state index in [0.717, 1.165) is 0 Å². The van der Waals surface area contributed by atoms with E-state index in [9.17, 15) is 9.59 Å². The predicted octanol–water partition coefficient (Wildman–Crippen LogP) is 1.84. The topological polar surface area (TPSA) is 75.6 Å². The molecule has 0 aliphatic heterocycles. The van der Waals surface area contributed by atoms with Crippen LogP contribution in [0.15, 0.2) is 18.2 Å². The molecule has 1 amide bonds. The number of rotatable bonds is 6. The van der Waals surface area contributed by atoms with Crippen molar-refractivity contribution in [1.82, 2.24) is 5.32 Å². The number of nitrogens with one attached hydrogen (secondary N) is 1. The van der Waals surface area contributed by atoms with E-state index in [4.69, 9.17) is 9.84 Å². The van der Waals surface area contributed by atoms with Crippen molar-refractivity contribution in [2.45, 2.75) is 20.8 Å². The SMILES string of the molecule is Cc1ccc(OCC(=O)NCC(C)C)cc1C(=O)O. The molecule has 1 rings (SSSR count). The third-order valence-electron chi connectivity index (χ3n) is 2.52. The molecule has 0 fully saturated rings. The highest BCUT2D eigenvalue weighted by Crippen LogP contribution is 2.17. The van der Waals surface area contributed by atoms with Crippen molar-refractivity contribution in [1.29, 1.82) is 0 Å². The predicted molar refractivity (Wildman–Crippen MR) is 71.5 cm³/mol. The molecule has 1 aromatic carbocycles. The molecule has 0 aliphatic rings. The first kappa shape index (κ1) is 15.0. The van der Waals surface area contributed by atoms with Crippen molar-refractivity contribution in [3.63, 3.8) is 0 Å². The summed E-state index contributed by atoms with van der Waals surface area (Å²) in [5, 5.41) is 11.7. The summed E-state index contributed by atoms with van der Waals surface area (Å²) in [5.41, 5.74) is 0.837. The molecule has 0 heterocycles. The lowest BCUT2D eigenvalue weighted by molar-refractivity contribution is -0.123. The van der Waals surface area contributed by atoms with Crippen LogP contribution in [-0.4, -0.2) is 30.1 Å². The molecular weight excluding hydrogens is 246 g/mol. The van der Waals surface area contributed by atoms with Gasteiger partial charge in [0.2, 0.25) is 0 Å². The third-order valence-corrected chi connectivity index (χ3v) is 2.52. The Labute approximate surface area is 112 Å². The molecule has 5 heteroatoms. The maximum atomic E-state index is 11.5. The summed E-state index contributed by atoms with van der Waals surface area (Å²) in [6.45, 7) is 6.19. The lowest BCUT2D eigenvalue weighted by Gasteiger charge is -2.10. The number of benzene rings is 1. The number of amides is 1. The van der Waals surface area contributed by atoms with E-state index in [1.165, 1.54) is 6.07 Å². The van der Waals surface area contributed by atoms with Crippen LogP contribution in [0.3, 0.4) is 0 Å². The van der Waals surface area contributed by atoms with Crippen LogP contribution in [0.4, 0.5) is 0 Å². The summed E-state index contributed by atoms with van der Waals surface area (Å²) in [7, 11) is 0. The van der Waals surface area contributed by atoms with Crippen molar-refractivity contribution in [3.05, 3.63) is 29.3 Å². The molecule has 19 heavy (non-hydrogen) atoms. The first-order chi connectivity index (χ1) is 8.90. The highest BCUT2D eigenvalue weighted by Gasteiger charge is 2.09. The van der Waals surface area contributed by atoms with Gasteiger partial charge >= 0.3 is 5.97 Å². The van der Waals surface area contributed by atoms with E-state index in [0.29, 0.717) is 23.8 Å². The van der Waals surface area contributed by atoms with E-state index < -0.39 is 5.97 Å². The summed E-state index contributed by atoms with van der Waals surface area (Å²) in [6.07, 6.45) is 0. The van der Waals surface area contributed by atoms with Gasteiger partial charge in [0.15, 0.2) is 6.61 Å². The average molecular weight is 265 g/mol. The van der Waals surface area contributed by atoms with Gasteiger partial charge in [-0.3, -0.25) is 4.79 Å². The number of hydrogen-bond acceptors (Lipinski definition) is 3. The lowest BCUT2D eigenvalue weighted by atomic mass is 10.1. The highest BCUT2D eigenvalue weighted by molar-refractivity contribution is 5.89. The maximum absolute atomic E-state index is 11.5. The monoisotopic (exact) mass is 265 g/mol. The Morgan fingerprint density at radius 1 is 1.37 bits per heavy atom. The van der Waals surface area contributed by atoms with E-state index in [1.54, 1.807) is 19.1 Å². The molecular formula is C14H19NO4. The Hall–Kier alpha value is -2.04. The van der Waals surface area contributed by atoms with Crippen LogP contribution in [0.5, 0.6) is 5.75 Å². The lowest BCUT2D eigenvalue weighted by Crippen LogP contribution is -2.31. The molecule has 104 valence electrons. The van der Waals surface area contributed by atoms with Gasteiger partial charge in [-0.05, 0) is 30.5 Å². The molecule has 0 saturated carbocycles. The number of carbonyl (C=O) groups is 2. The minimum absolute atomic E-state index is 0.116. The van der Waals surface area contributed by atoms with Crippen molar-refractivity contribution < 1.29 is 19.4 Å². The van der Waals surface area contributed by atoms with Crippen LogP contribution in [0.25, 0.3) is 0 Å². The van der Waals surface area contributed by atoms with Crippen LogP contribution in [0.1, 0.15) is 29.8 Å². The zero-order valence-corrected chi connectivity index (χ0v) is 11.4. The first-order valence-corrected chi connectivity index (χ1v) is 6.13. The van der Waals surface area contributed by atoms with Gasteiger partial charge < -0.3 is 15.2 Å². The molecule has 0 unspecified atom stereocenters. The molecule has 0 atom stereocenters.